The highest BCUT2D eigenvalue weighted by Crippen LogP contribution is 2.21. The van der Waals surface area contributed by atoms with Crippen LogP contribution in [0.15, 0.2) is 11.4 Å². The lowest BCUT2D eigenvalue weighted by Crippen LogP contribution is -1.98. The van der Waals surface area contributed by atoms with Crippen LogP contribution in [0, 0.1) is 6.92 Å². The zero-order chi connectivity index (χ0) is 12.0. The van der Waals surface area contributed by atoms with E-state index in [4.69, 9.17) is 9.94 Å². The Bertz CT molecular complexity index is 378. The van der Waals surface area contributed by atoms with Crippen molar-refractivity contribution in [2.45, 2.75) is 26.9 Å². The number of hydrogen-bond donors (Lipinski definition) is 2. The third kappa shape index (κ3) is 2.93. The van der Waals surface area contributed by atoms with E-state index in [2.05, 4.69) is 10.1 Å². The van der Waals surface area contributed by atoms with E-state index in [1.54, 1.807) is 6.92 Å². The third-order valence-electron chi connectivity index (χ3n) is 2.08. The molecule has 0 saturated carbocycles. The topological polar surface area (TPSA) is 74.9 Å². The Hall–Kier alpha value is -1.62. The highest BCUT2D eigenvalue weighted by molar-refractivity contribution is 5.85. The first-order chi connectivity index (χ1) is 7.70. The SMILES string of the molecule is CCCO/N=C/c1c(CO)cnc(C)c1O. The Kier molecular flexibility index (Phi) is 4.72. The van der Waals surface area contributed by atoms with E-state index in [-0.39, 0.29) is 12.4 Å². The van der Waals surface area contributed by atoms with Gasteiger partial charge in [0.2, 0.25) is 0 Å². The molecule has 0 aromatic carbocycles. The van der Waals surface area contributed by atoms with Crippen LogP contribution in [0.5, 0.6) is 5.75 Å². The lowest BCUT2D eigenvalue weighted by Gasteiger charge is -2.06. The van der Waals surface area contributed by atoms with Crippen LogP contribution in [-0.2, 0) is 11.4 Å². The van der Waals surface area contributed by atoms with E-state index in [1.807, 2.05) is 6.92 Å². The number of aromatic nitrogens is 1. The standard InChI is InChI=1S/C11H16N2O3/c1-3-4-16-13-6-10-9(7-14)5-12-8(2)11(10)15/h5-6,14-15H,3-4,7H2,1-2H3/b13-6+. The smallest absolute Gasteiger partial charge is 0.146 e. The van der Waals surface area contributed by atoms with Crippen molar-refractivity contribution in [2.24, 2.45) is 5.16 Å². The quantitative estimate of drug-likeness (QED) is 0.449. The number of rotatable bonds is 5. The van der Waals surface area contributed by atoms with Gasteiger partial charge in [-0.25, -0.2) is 0 Å². The minimum Gasteiger partial charge on any atom is -0.505 e. The number of nitrogens with zero attached hydrogens (tertiary/aromatic N) is 2. The first kappa shape index (κ1) is 12.4. The van der Waals surface area contributed by atoms with Gasteiger partial charge in [-0.05, 0) is 13.3 Å². The molecular formula is C11H16N2O3. The van der Waals surface area contributed by atoms with Crippen LogP contribution < -0.4 is 0 Å². The van der Waals surface area contributed by atoms with Gasteiger partial charge in [0.05, 0.1) is 18.5 Å². The molecule has 5 heteroatoms. The average molecular weight is 224 g/mol. The largest absolute Gasteiger partial charge is 0.505 e. The summed E-state index contributed by atoms with van der Waals surface area (Å²) in [6.07, 6.45) is 3.77. The number of aliphatic hydroxyl groups excluding tert-OH is 1. The van der Waals surface area contributed by atoms with Gasteiger partial charge in [0, 0.05) is 17.3 Å². The molecule has 0 unspecified atom stereocenters. The van der Waals surface area contributed by atoms with Gasteiger partial charge in [0.25, 0.3) is 0 Å². The molecule has 1 aromatic rings. The Labute approximate surface area is 94.4 Å². The maximum absolute atomic E-state index is 9.75. The van der Waals surface area contributed by atoms with Crippen molar-refractivity contribution in [3.63, 3.8) is 0 Å². The number of oxime groups is 1. The van der Waals surface area contributed by atoms with Crippen LogP contribution in [0.4, 0.5) is 0 Å². The molecule has 0 spiro atoms. The fourth-order valence-electron chi connectivity index (χ4n) is 1.16. The van der Waals surface area contributed by atoms with Crippen LogP contribution in [0.2, 0.25) is 0 Å². The van der Waals surface area contributed by atoms with Gasteiger partial charge in [-0.15, -0.1) is 0 Å². The minimum atomic E-state index is -0.198. The summed E-state index contributed by atoms with van der Waals surface area (Å²) >= 11 is 0. The van der Waals surface area contributed by atoms with Crippen LogP contribution in [0.1, 0.15) is 30.2 Å². The van der Waals surface area contributed by atoms with Gasteiger partial charge in [-0.1, -0.05) is 12.1 Å². The van der Waals surface area contributed by atoms with Crippen molar-refractivity contribution in [1.29, 1.82) is 0 Å². The van der Waals surface area contributed by atoms with Crippen molar-refractivity contribution < 1.29 is 15.1 Å². The van der Waals surface area contributed by atoms with Crippen molar-refractivity contribution in [1.82, 2.24) is 4.98 Å². The lowest BCUT2D eigenvalue weighted by atomic mass is 10.1. The van der Waals surface area contributed by atoms with E-state index >= 15 is 0 Å². The van der Waals surface area contributed by atoms with Crippen molar-refractivity contribution in [2.75, 3.05) is 6.61 Å². The lowest BCUT2D eigenvalue weighted by molar-refractivity contribution is 0.146. The van der Waals surface area contributed by atoms with E-state index in [1.165, 1.54) is 12.4 Å². The molecule has 0 aliphatic heterocycles. The molecule has 1 rings (SSSR count). The Morgan fingerprint density at radius 1 is 1.56 bits per heavy atom. The molecule has 5 nitrogen and oxygen atoms in total. The van der Waals surface area contributed by atoms with Crippen LogP contribution in [0.3, 0.4) is 0 Å². The molecule has 0 bridgehead atoms. The predicted molar refractivity (Wildman–Crippen MR) is 60.4 cm³/mol. The number of aryl methyl sites for hydroxylation is 1. The monoisotopic (exact) mass is 224 g/mol. The maximum Gasteiger partial charge on any atom is 0.146 e. The van der Waals surface area contributed by atoms with Gasteiger partial charge < -0.3 is 15.1 Å². The molecule has 16 heavy (non-hydrogen) atoms. The number of aliphatic hydroxyl groups is 1. The molecule has 0 atom stereocenters. The Morgan fingerprint density at radius 3 is 2.94 bits per heavy atom. The van der Waals surface area contributed by atoms with Crippen molar-refractivity contribution in [3.8, 4) is 5.75 Å². The first-order valence-electron chi connectivity index (χ1n) is 5.14. The number of pyridine rings is 1. The summed E-state index contributed by atoms with van der Waals surface area (Å²) in [4.78, 5) is 8.88. The minimum absolute atomic E-state index is 0.0235. The van der Waals surface area contributed by atoms with Crippen LogP contribution in [0.25, 0.3) is 0 Å². The second-order valence-electron chi connectivity index (χ2n) is 3.36. The third-order valence-corrected chi connectivity index (χ3v) is 2.08. The molecule has 0 aliphatic carbocycles. The fourth-order valence-corrected chi connectivity index (χ4v) is 1.16. The molecule has 1 heterocycles. The summed E-state index contributed by atoms with van der Waals surface area (Å²) in [6.45, 7) is 3.98. The predicted octanol–water partition coefficient (Wildman–Crippen LogP) is 1.35. The summed E-state index contributed by atoms with van der Waals surface area (Å²) in [5, 5.41) is 22.5. The summed E-state index contributed by atoms with van der Waals surface area (Å²) in [5.41, 5.74) is 1.46. The molecule has 0 amide bonds. The molecule has 0 aliphatic rings. The van der Waals surface area contributed by atoms with E-state index in [9.17, 15) is 5.11 Å². The van der Waals surface area contributed by atoms with Gasteiger partial charge in [0.15, 0.2) is 0 Å². The average Bonchev–Trinajstić information content (AvgIpc) is 2.30. The fraction of sp³-hybridized carbons (Fsp3) is 0.455. The van der Waals surface area contributed by atoms with Gasteiger partial charge in [-0.2, -0.15) is 0 Å². The van der Waals surface area contributed by atoms with Gasteiger partial charge >= 0.3 is 0 Å². The van der Waals surface area contributed by atoms with Crippen molar-refractivity contribution >= 4 is 6.21 Å². The van der Waals surface area contributed by atoms with Gasteiger partial charge in [-0.3, -0.25) is 4.98 Å². The maximum atomic E-state index is 9.75. The second kappa shape index (κ2) is 6.07. The van der Waals surface area contributed by atoms with E-state index < -0.39 is 0 Å². The molecule has 0 radical (unpaired) electrons. The molecular weight excluding hydrogens is 208 g/mol. The second-order valence-corrected chi connectivity index (χ2v) is 3.36. The Morgan fingerprint density at radius 2 is 2.31 bits per heavy atom. The highest BCUT2D eigenvalue weighted by Gasteiger charge is 2.09. The summed E-state index contributed by atoms with van der Waals surface area (Å²) in [6, 6.07) is 0. The normalized spacial score (nSPS) is 10.9. The van der Waals surface area contributed by atoms with Gasteiger partial charge in [0.1, 0.15) is 12.4 Å². The first-order valence-corrected chi connectivity index (χ1v) is 5.14. The number of hydrogen-bond acceptors (Lipinski definition) is 5. The molecule has 88 valence electrons. The summed E-state index contributed by atoms with van der Waals surface area (Å²) in [5.74, 6) is 0.0235. The zero-order valence-electron chi connectivity index (χ0n) is 9.47. The van der Waals surface area contributed by atoms with Crippen LogP contribution >= 0.6 is 0 Å². The Balaban J connectivity index is 2.92. The molecule has 0 saturated heterocycles. The number of aromatic hydroxyl groups is 1. The van der Waals surface area contributed by atoms with Crippen LogP contribution in [-0.4, -0.2) is 28.0 Å². The van der Waals surface area contributed by atoms with E-state index in [0.717, 1.165) is 6.42 Å². The van der Waals surface area contributed by atoms with E-state index in [0.29, 0.717) is 23.4 Å². The highest BCUT2D eigenvalue weighted by atomic mass is 16.6. The molecule has 2 N–H and O–H groups in total. The summed E-state index contributed by atoms with van der Waals surface area (Å²) < 4.78 is 0. The summed E-state index contributed by atoms with van der Waals surface area (Å²) in [7, 11) is 0. The zero-order valence-corrected chi connectivity index (χ0v) is 9.47. The molecule has 1 aromatic heterocycles. The van der Waals surface area contributed by atoms with Crippen molar-refractivity contribution in [3.05, 3.63) is 23.0 Å². The molecule has 0 fully saturated rings.